The minimum absolute atomic E-state index is 0.210. The number of methoxy groups -OCH3 is 2. The van der Waals surface area contributed by atoms with Gasteiger partial charge in [-0.3, -0.25) is 0 Å². The lowest BCUT2D eigenvalue weighted by atomic mass is 9.72. The molecule has 0 radical (unpaired) electrons. The van der Waals surface area contributed by atoms with E-state index in [4.69, 9.17) is 15.2 Å². The number of ether oxygens (including phenoxy) is 2. The van der Waals surface area contributed by atoms with Crippen molar-refractivity contribution in [3.05, 3.63) is 23.5 Å². The summed E-state index contributed by atoms with van der Waals surface area (Å²) in [6, 6.07) is 2.93. The number of halogens is 1. The maximum atomic E-state index is 13.6. The third-order valence-corrected chi connectivity index (χ3v) is 3.24. The fourth-order valence-electron chi connectivity index (χ4n) is 2.19. The summed E-state index contributed by atoms with van der Waals surface area (Å²) in [6.07, 6.45) is 2.73. The summed E-state index contributed by atoms with van der Waals surface area (Å²) in [4.78, 5) is 0. The molecular weight excluding hydrogens is 209 g/mol. The van der Waals surface area contributed by atoms with Crippen molar-refractivity contribution in [2.45, 2.75) is 24.8 Å². The Morgan fingerprint density at radius 1 is 1.25 bits per heavy atom. The highest BCUT2D eigenvalue weighted by Crippen LogP contribution is 2.47. The lowest BCUT2D eigenvalue weighted by Gasteiger charge is -2.40. The second kappa shape index (κ2) is 3.94. The van der Waals surface area contributed by atoms with Crippen LogP contribution in [0.1, 0.15) is 24.8 Å². The van der Waals surface area contributed by atoms with Gasteiger partial charge in [-0.1, -0.05) is 0 Å². The van der Waals surface area contributed by atoms with E-state index in [1.165, 1.54) is 13.2 Å². The molecule has 0 bridgehead atoms. The first-order valence-electron chi connectivity index (χ1n) is 5.32. The summed E-state index contributed by atoms with van der Waals surface area (Å²) in [5.41, 5.74) is 6.37. The fourth-order valence-corrected chi connectivity index (χ4v) is 2.19. The van der Waals surface area contributed by atoms with Gasteiger partial charge in [-0.2, -0.15) is 0 Å². The number of benzene rings is 1. The molecule has 4 heteroatoms. The van der Waals surface area contributed by atoms with Crippen LogP contribution < -0.4 is 15.2 Å². The zero-order valence-corrected chi connectivity index (χ0v) is 9.55. The van der Waals surface area contributed by atoms with Gasteiger partial charge in [-0.05, 0) is 31.4 Å². The van der Waals surface area contributed by atoms with Crippen LogP contribution in [0.15, 0.2) is 12.1 Å². The SMILES string of the molecule is COc1ccc(F)c(OC)c1C1(N)CCC1. The topological polar surface area (TPSA) is 44.5 Å². The quantitative estimate of drug-likeness (QED) is 0.857. The van der Waals surface area contributed by atoms with Gasteiger partial charge >= 0.3 is 0 Å². The molecule has 1 aromatic rings. The van der Waals surface area contributed by atoms with Crippen LogP contribution in [0, 0.1) is 5.82 Å². The van der Waals surface area contributed by atoms with E-state index in [0.29, 0.717) is 11.3 Å². The molecule has 88 valence electrons. The minimum atomic E-state index is -0.501. The van der Waals surface area contributed by atoms with E-state index in [2.05, 4.69) is 0 Å². The summed E-state index contributed by atoms with van der Waals surface area (Å²) in [5.74, 6) is 0.414. The first kappa shape index (κ1) is 11.2. The molecule has 0 amide bonds. The summed E-state index contributed by atoms with van der Waals surface area (Å²) >= 11 is 0. The fraction of sp³-hybridized carbons (Fsp3) is 0.500. The second-order valence-corrected chi connectivity index (χ2v) is 4.17. The van der Waals surface area contributed by atoms with Crippen molar-refractivity contribution in [3.8, 4) is 11.5 Å². The third-order valence-electron chi connectivity index (χ3n) is 3.24. The average Bonchev–Trinajstić information content (AvgIpc) is 2.25. The van der Waals surface area contributed by atoms with E-state index in [0.717, 1.165) is 19.3 Å². The van der Waals surface area contributed by atoms with Crippen molar-refractivity contribution in [2.24, 2.45) is 5.73 Å². The zero-order chi connectivity index (χ0) is 11.8. The molecule has 2 rings (SSSR count). The Balaban J connectivity index is 2.58. The Morgan fingerprint density at radius 3 is 2.38 bits per heavy atom. The number of rotatable bonds is 3. The highest BCUT2D eigenvalue weighted by atomic mass is 19.1. The summed E-state index contributed by atoms with van der Waals surface area (Å²) in [7, 11) is 3.00. The Kier molecular flexibility index (Phi) is 2.76. The Labute approximate surface area is 94.3 Å². The van der Waals surface area contributed by atoms with Crippen LogP contribution in [-0.4, -0.2) is 14.2 Å². The monoisotopic (exact) mass is 225 g/mol. The molecule has 1 saturated carbocycles. The van der Waals surface area contributed by atoms with E-state index in [9.17, 15) is 4.39 Å². The van der Waals surface area contributed by atoms with Crippen molar-refractivity contribution in [3.63, 3.8) is 0 Å². The predicted octanol–water partition coefficient (Wildman–Crippen LogP) is 2.18. The van der Waals surface area contributed by atoms with Gasteiger partial charge in [-0.25, -0.2) is 4.39 Å². The smallest absolute Gasteiger partial charge is 0.165 e. The summed E-state index contributed by atoms with van der Waals surface area (Å²) in [6.45, 7) is 0. The van der Waals surface area contributed by atoms with E-state index < -0.39 is 11.4 Å². The van der Waals surface area contributed by atoms with E-state index in [1.807, 2.05) is 0 Å². The maximum absolute atomic E-state index is 13.6. The molecule has 16 heavy (non-hydrogen) atoms. The van der Waals surface area contributed by atoms with Crippen LogP contribution in [0.25, 0.3) is 0 Å². The number of hydrogen-bond donors (Lipinski definition) is 1. The largest absolute Gasteiger partial charge is 0.496 e. The van der Waals surface area contributed by atoms with Gasteiger partial charge in [0, 0.05) is 5.54 Å². The van der Waals surface area contributed by atoms with Crippen LogP contribution >= 0.6 is 0 Å². The van der Waals surface area contributed by atoms with Crippen molar-refractivity contribution in [1.29, 1.82) is 0 Å². The second-order valence-electron chi connectivity index (χ2n) is 4.17. The highest BCUT2D eigenvalue weighted by molar-refractivity contribution is 5.51. The highest BCUT2D eigenvalue weighted by Gasteiger charge is 2.40. The van der Waals surface area contributed by atoms with Crippen LogP contribution in [0.4, 0.5) is 4.39 Å². The molecule has 1 aromatic carbocycles. The van der Waals surface area contributed by atoms with Gasteiger partial charge in [0.15, 0.2) is 11.6 Å². The Hall–Kier alpha value is -1.29. The molecule has 1 aliphatic rings. The standard InChI is InChI=1S/C12H16FNO2/c1-15-9-5-4-8(13)11(16-2)10(9)12(14)6-3-7-12/h4-5H,3,6-7,14H2,1-2H3. The van der Waals surface area contributed by atoms with Crippen LogP contribution in [0.3, 0.4) is 0 Å². The van der Waals surface area contributed by atoms with E-state index >= 15 is 0 Å². The molecule has 0 heterocycles. The Morgan fingerprint density at radius 2 is 1.94 bits per heavy atom. The Bertz CT molecular complexity index is 402. The lowest BCUT2D eigenvalue weighted by Crippen LogP contribution is -2.44. The lowest BCUT2D eigenvalue weighted by molar-refractivity contribution is 0.231. The van der Waals surface area contributed by atoms with Crippen LogP contribution in [0.5, 0.6) is 11.5 Å². The van der Waals surface area contributed by atoms with Crippen LogP contribution in [-0.2, 0) is 5.54 Å². The first-order chi connectivity index (χ1) is 7.62. The maximum Gasteiger partial charge on any atom is 0.165 e. The average molecular weight is 225 g/mol. The van der Waals surface area contributed by atoms with E-state index in [-0.39, 0.29) is 5.75 Å². The van der Waals surface area contributed by atoms with Gasteiger partial charge in [-0.15, -0.1) is 0 Å². The van der Waals surface area contributed by atoms with Gasteiger partial charge in [0.2, 0.25) is 0 Å². The normalized spacial score (nSPS) is 17.8. The molecule has 0 aromatic heterocycles. The number of nitrogens with two attached hydrogens (primary N) is 1. The van der Waals surface area contributed by atoms with Crippen molar-refractivity contribution in [2.75, 3.05) is 14.2 Å². The summed E-state index contributed by atoms with van der Waals surface area (Å²) < 4.78 is 24.0. The molecule has 1 fully saturated rings. The van der Waals surface area contributed by atoms with Gasteiger partial charge in [0.1, 0.15) is 5.75 Å². The molecular formula is C12H16FNO2. The molecule has 1 aliphatic carbocycles. The van der Waals surface area contributed by atoms with Crippen LogP contribution in [0.2, 0.25) is 0 Å². The van der Waals surface area contributed by atoms with Crippen molar-refractivity contribution < 1.29 is 13.9 Å². The van der Waals surface area contributed by atoms with Gasteiger partial charge < -0.3 is 15.2 Å². The molecule has 0 atom stereocenters. The van der Waals surface area contributed by atoms with E-state index in [1.54, 1.807) is 13.2 Å². The molecule has 0 aliphatic heterocycles. The van der Waals surface area contributed by atoms with Gasteiger partial charge in [0.25, 0.3) is 0 Å². The third kappa shape index (κ3) is 1.53. The molecule has 0 saturated heterocycles. The predicted molar refractivity (Wildman–Crippen MR) is 59.2 cm³/mol. The molecule has 3 nitrogen and oxygen atoms in total. The molecule has 0 spiro atoms. The molecule has 0 unspecified atom stereocenters. The first-order valence-corrected chi connectivity index (χ1v) is 5.32. The minimum Gasteiger partial charge on any atom is -0.496 e. The van der Waals surface area contributed by atoms with Crippen molar-refractivity contribution in [1.82, 2.24) is 0 Å². The van der Waals surface area contributed by atoms with Crippen molar-refractivity contribution >= 4 is 0 Å². The zero-order valence-electron chi connectivity index (χ0n) is 9.55. The number of hydrogen-bond acceptors (Lipinski definition) is 3. The summed E-state index contributed by atoms with van der Waals surface area (Å²) in [5, 5.41) is 0. The molecule has 2 N–H and O–H groups in total. The van der Waals surface area contributed by atoms with Gasteiger partial charge in [0.05, 0.1) is 19.8 Å².